The van der Waals surface area contributed by atoms with Crippen LogP contribution in [0, 0.1) is 0 Å². The van der Waals surface area contributed by atoms with E-state index in [-0.39, 0.29) is 17.8 Å². The average Bonchev–Trinajstić information content (AvgIpc) is 3.15. The van der Waals surface area contributed by atoms with E-state index in [0.717, 1.165) is 34.3 Å². The van der Waals surface area contributed by atoms with Crippen molar-refractivity contribution in [3.8, 4) is 28.7 Å². The van der Waals surface area contributed by atoms with Crippen LogP contribution in [0.25, 0.3) is 0 Å². The van der Waals surface area contributed by atoms with Gasteiger partial charge in [0.15, 0.2) is 0 Å². The summed E-state index contributed by atoms with van der Waals surface area (Å²) in [6.07, 6.45) is 0. The van der Waals surface area contributed by atoms with Crippen molar-refractivity contribution in [2.75, 3.05) is 35.5 Å². The van der Waals surface area contributed by atoms with Crippen molar-refractivity contribution in [3.63, 3.8) is 0 Å². The van der Waals surface area contributed by atoms with Crippen molar-refractivity contribution in [2.24, 2.45) is 0 Å². The maximum Gasteiger partial charge on any atom is 0.126 e. The Balaban J connectivity index is 1.96. The third-order valence-electron chi connectivity index (χ3n) is 6.54. The molecule has 0 spiro atoms. The molecular weight excluding hydrogens is 404 g/mol. The average molecular weight is 435 g/mol. The standard InChI is InChI=1S/C27H30O5/c1-16-23-14-22(31-5)15-24(32-6)27(23)26(18-11-20(29-3)13-21(12-18)30-4)25(16)17-7-9-19(28-2)10-8-17/h7-16,25-26H,1-6H3/t16?,25?,26-/m1/s1. The highest BCUT2D eigenvalue weighted by atomic mass is 16.5. The highest BCUT2D eigenvalue weighted by molar-refractivity contribution is 5.60. The van der Waals surface area contributed by atoms with E-state index in [1.165, 1.54) is 16.7 Å². The van der Waals surface area contributed by atoms with Gasteiger partial charge in [0.25, 0.3) is 0 Å². The highest BCUT2D eigenvalue weighted by Crippen LogP contribution is 2.58. The van der Waals surface area contributed by atoms with E-state index in [1.807, 2.05) is 24.3 Å². The largest absolute Gasteiger partial charge is 0.497 e. The quantitative estimate of drug-likeness (QED) is 0.473. The van der Waals surface area contributed by atoms with Gasteiger partial charge in [-0.3, -0.25) is 0 Å². The number of hydrogen-bond acceptors (Lipinski definition) is 5. The van der Waals surface area contributed by atoms with Crippen LogP contribution in [-0.4, -0.2) is 35.5 Å². The van der Waals surface area contributed by atoms with E-state index in [1.54, 1.807) is 35.5 Å². The van der Waals surface area contributed by atoms with Crippen LogP contribution in [0.2, 0.25) is 0 Å². The van der Waals surface area contributed by atoms with Crippen LogP contribution < -0.4 is 23.7 Å². The van der Waals surface area contributed by atoms with Gasteiger partial charge in [0, 0.05) is 29.5 Å². The molecule has 3 aromatic rings. The molecule has 0 amide bonds. The second kappa shape index (κ2) is 9.03. The van der Waals surface area contributed by atoms with Crippen molar-refractivity contribution in [3.05, 3.63) is 76.9 Å². The first-order valence-corrected chi connectivity index (χ1v) is 10.7. The third-order valence-corrected chi connectivity index (χ3v) is 6.54. The van der Waals surface area contributed by atoms with E-state index in [4.69, 9.17) is 23.7 Å². The molecule has 168 valence electrons. The molecule has 0 radical (unpaired) electrons. The van der Waals surface area contributed by atoms with Crippen molar-refractivity contribution in [2.45, 2.75) is 24.7 Å². The maximum absolute atomic E-state index is 5.87. The summed E-state index contributed by atoms with van der Waals surface area (Å²) >= 11 is 0. The van der Waals surface area contributed by atoms with Gasteiger partial charge in [-0.15, -0.1) is 0 Å². The first-order valence-electron chi connectivity index (χ1n) is 10.7. The predicted octanol–water partition coefficient (Wildman–Crippen LogP) is 5.76. The lowest BCUT2D eigenvalue weighted by atomic mass is 9.78. The van der Waals surface area contributed by atoms with Gasteiger partial charge in [0.1, 0.15) is 28.7 Å². The van der Waals surface area contributed by atoms with Crippen molar-refractivity contribution in [1.82, 2.24) is 0 Å². The fraction of sp³-hybridized carbons (Fsp3) is 0.333. The molecule has 32 heavy (non-hydrogen) atoms. The zero-order valence-electron chi connectivity index (χ0n) is 19.5. The summed E-state index contributed by atoms with van der Waals surface area (Å²) in [6.45, 7) is 2.27. The summed E-state index contributed by atoms with van der Waals surface area (Å²) in [4.78, 5) is 0. The van der Waals surface area contributed by atoms with Crippen molar-refractivity contribution < 1.29 is 23.7 Å². The van der Waals surface area contributed by atoms with Gasteiger partial charge in [-0.1, -0.05) is 19.1 Å². The SMILES string of the molecule is COc1ccc(C2C(C)c3cc(OC)cc(OC)c3[C@@H]2c2cc(OC)cc(OC)c2)cc1. The molecule has 0 bridgehead atoms. The fourth-order valence-corrected chi connectivity index (χ4v) is 4.97. The molecule has 1 aliphatic rings. The zero-order valence-corrected chi connectivity index (χ0v) is 19.5. The first kappa shape index (κ1) is 21.9. The Kier molecular flexibility index (Phi) is 6.17. The van der Waals surface area contributed by atoms with Crippen LogP contribution in [-0.2, 0) is 0 Å². The van der Waals surface area contributed by atoms with E-state index < -0.39 is 0 Å². The summed E-state index contributed by atoms with van der Waals surface area (Å²) in [5.41, 5.74) is 4.77. The Morgan fingerprint density at radius 3 is 1.66 bits per heavy atom. The van der Waals surface area contributed by atoms with Crippen LogP contribution in [0.3, 0.4) is 0 Å². The third kappa shape index (κ3) is 3.72. The van der Waals surface area contributed by atoms with Gasteiger partial charge < -0.3 is 23.7 Å². The molecule has 0 heterocycles. The Bertz CT molecular complexity index is 1070. The van der Waals surface area contributed by atoms with Crippen molar-refractivity contribution in [1.29, 1.82) is 0 Å². The smallest absolute Gasteiger partial charge is 0.126 e. The minimum Gasteiger partial charge on any atom is -0.497 e. The Hall–Kier alpha value is -3.34. The molecule has 0 fully saturated rings. The topological polar surface area (TPSA) is 46.2 Å². The van der Waals surface area contributed by atoms with Crippen molar-refractivity contribution >= 4 is 0 Å². The molecule has 0 aliphatic heterocycles. The Morgan fingerprint density at radius 2 is 1.12 bits per heavy atom. The van der Waals surface area contributed by atoms with Crippen LogP contribution in [0.4, 0.5) is 0 Å². The molecule has 5 nitrogen and oxygen atoms in total. The molecule has 0 saturated heterocycles. The molecule has 5 heteroatoms. The number of rotatable bonds is 7. The van der Waals surface area contributed by atoms with Crippen LogP contribution in [0.1, 0.15) is 46.9 Å². The first-order chi connectivity index (χ1) is 15.5. The molecule has 2 unspecified atom stereocenters. The predicted molar refractivity (Wildman–Crippen MR) is 125 cm³/mol. The molecule has 1 aliphatic carbocycles. The minimum absolute atomic E-state index is 0.0539. The van der Waals surface area contributed by atoms with E-state index >= 15 is 0 Å². The molecule has 3 atom stereocenters. The number of benzene rings is 3. The molecule has 4 rings (SSSR count). The van der Waals surface area contributed by atoms with Crippen LogP contribution >= 0.6 is 0 Å². The lowest BCUT2D eigenvalue weighted by molar-refractivity contribution is 0.388. The van der Waals surface area contributed by atoms with E-state index in [0.29, 0.717) is 0 Å². The lowest BCUT2D eigenvalue weighted by Crippen LogP contribution is -2.11. The summed E-state index contributed by atoms with van der Waals surface area (Å²) in [6, 6.07) is 18.5. The molecule has 0 saturated carbocycles. The van der Waals surface area contributed by atoms with Gasteiger partial charge in [0.2, 0.25) is 0 Å². The Morgan fingerprint density at radius 1 is 0.562 bits per heavy atom. The molecular formula is C27H30O5. The van der Waals surface area contributed by atoms with Gasteiger partial charge in [-0.25, -0.2) is 0 Å². The summed E-state index contributed by atoms with van der Waals surface area (Å²) < 4.78 is 28.0. The van der Waals surface area contributed by atoms with Gasteiger partial charge >= 0.3 is 0 Å². The molecule has 0 N–H and O–H groups in total. The summed E-state index contributed by atoms with van der Waals surface area (Å²) in [5, 5.41) is 0. The number of hydrogen-bond donors (Lipinski definition) is 0. The van der Waals surface area contributed by atoms with E-state index in [9.17, 15) is 0 Å². The number of ether oxygens (including phenoxy) is 5. The Labute approximate surface area is 189 Å². The summed E-state index contributed by atoms with van der Waals surface area (Å²) in [7, 11) is 8.44. The second-order valence-electron chi connectivity index (χ2n) is 8.04. The maximum atomic E-state index is 5.87. The van der Waals surface area contributed by atoms with Gasteiger partial charge in [-0.2, -0.15) is 0 Å². The van der Waals surface area contributed by atoms with Crippen LogP contribution in [0.5, 0.6) is 28.7 Å². The number of methoxy groups -OCH3 is 5. The van der Waals surface area contributed by atoms with Gasteiger partial charge in [0.05, 0.1) is 35.5 Å². The lowest BCUT2D eigenvalue weighted by Gasteiger charge is -2.26. The highest BCUT2D eigenvalue weighted by Gasteiger charge is 2.43. The van der Waals surface area contributed by atoms with E-state index in [2.05, 4.69) is 37.3 Å². The van der Waals surface area contributed by atoms with Crippen LogP contribution in [0.15, 0.2) is 54.6 Å². The molecule has 0 aromatic heterocycles. The zero-order chi connectivity index (χ0) is 22.8. The second-order valence-corrected chi connectivity index (χ2v) is 8.04. The normalized spacial score (nSPS) is 19.2. The molecule has 3 aromatic carbocycles. The summed E-state index contributed by atoms with van der Waals surface area (Å²) in [5.74, 6) is 4.48. The minimum atomic E-state index is 0.0539. The fourth-order valence-electron chi connectivity index (χ4n) is 4.97. The van der Waals surface area contributed by atoms with Gasteiger partial charge in [-0.05, 0) is 52.9 Å². The monoisotopic (exact) mass is 434 g/mol. The number of fused-ring (bicyclic) bond motifs is 1.